The molecule has 0 aliphatic carbocycles. The van der Waals surface area contributed by atoms with Gasteiger partial charge in [0.05, 0.1) is 6.10 Å². The molecular weight excluding hydrogens is 252 g/mol. The van der Waals surface area contributed by atoms with E-state index in [0.29, 0.717) is 5.92 Å². The maximum atomic E-state index is 10.8. The Morgan fingerprint density at radius 1 is 1.16 bits per heavy atom. The van der Waals surface area contributed by atoms with Crippen LogP contribution in [0.2, 0.25) is 0 Å². The zero-order valence-electron chi connectivity index (χ0n) is 11.8. The number of hydrogen-bond acceptors (Lipinski definition) is 2. The van der Waals surface area contributed by atoms with Crippen LogP contribution in [0.15, 0.2) is 41.8 Å². The SMILES string of the molecule is CCC(C)C(c1ccccc1)C(O)c1ccsc1C. The summed E-state index contributed by atoms with van der Waals surface area (Å²) in [6.07, 6.45) is 0.656. The second kappa shape index (κ2) is 6.36. The molecule has 1 heterocycles. The van der Waals surface area contributed by atoms with Crippen LogP contribution in [0.25, 0.3) is 0 Å². The minimum absolute atomic E-state index is 0.166. The van der Waals surface area contributed by atoms with Crippen molar-refractivity contribution >= 4 is 11.3 Å². The highest BCUT2D eigenvalue weighted by molar-refractivity contribution is 7.10. The lowest BCUT2D eigenvalue weighted by molar-refractivity contribution is 0.118. The van der Waals surface area contributed by atoms with Crippen LogP contribution in [-0.2, 0) is 0 Å². The average molecular weight is 274 g/mol. The first-order valence-electron chi connectivity index (χ1n) is 6.92. The zero-order valence-corrected chi connectivity index (χ0v) is 12.7. The van der Waals surface area contributed by atoms with E-state index in [4.69, 9.17) is 0 Å². The summed E-state index contributed by atoms with van der Waals surface area (Å²) >= 11 is 1.70. The third kappa shape index (κ3) is 3.07. The Balaban J connectivity index is 2.36. The smallest absolute Gasteiger partial charge is 0.0871 e. The van der Waals surface area contributed by atoms with E-state index in [-0.39, 0.29) is 5.92 Å². The Kier molecular flexibility index (Phi) is 4.78. The molecule has 3 unspecified atom stereocenters. The predicted octanol–water partition coefficient (Wildman–Crippen LogP) is 4.92. The number of rotatable bonds is 5. The minimum atomic E-state index is -0.413. The summed E-state index contributed by atoms with van der Waals surface area (Å²) in [5.41, 5.74) is 2.31. The van der Waals surface area contributed by atoms with Crippen LogP contribution in [0.1, 0.15) is 48.3 Å². The van der Waals surface area contributed by atoms with Gasteiger partial charge in [0.15, 0.2) is 0 Å². The first-order chi connectivity index (χ1) is 9.15. The average Bonchev–Trinajstić information content (AvgIpc) is 2.86. The second-order valence-electron chi connectivity index (χ2n) is 5.20. The molecule has 0 radical (unpaired) electrons. The Morgan fingerprint density at radius 2 is 1.84 bits per heavy atom. The first-order valence-corrected chi connectivity index (χ1v) is 7.80. The Hall–Kier alpha value is -1.12. The van der Waals surface area contributed by atoms with E-state index in [1.165, 1.54) is 10.4 Å². The van der Waals surface area contributed by atoms with Crippen LogP contribution in [0, 0.1) is 12.8 Å². The second-order valence-corrected chi connectivity index (χ2v) is 6.32. The van der Waals surface area contributed by atoms with Crippen molar-refractivity contribution < 1.29 is 5.11 Å². The molecule has 1 N–H and O–H groups in total. The van der Waals surface area contributed by atoms with Crippen molar-refractivity contribution in [1.29, 1.82) is 0 Å². The van der Waals surface area contributed by atoms with Crippen LogP contribution in [0.3, 0.4) is 0 Å². The number of benzene rings is 1. The fourth-order valence-corrected chi connectivity index (χ4v) is 3.39. The van der Waals surface area contributed by atoms with Gasteiger partial charge in [0.1, 0.15) is 0 Å². The van der Waals surface area contributed by atoms with E-state index >= 15 is 0 Å². The Bertz CT molecular complexity index is 503. The normalized spacial score (nSPS) is 16.0. The van der Waals surface area contributed by atoms with Crippen LogP contribution in [0.5, 0.6) is 0 Å². The first kappa shape index (κ1) is 14.3. The molecule has 1 aromatic heterocycles. The molecule has 102 valence electrons. The molecule has 2 rings (SSSR count). The molecule has 2 aromatic rings. The lowest BCUT2D eigenvalue weighted by Crippen LogP contribution is -2.18. The van der Waals surface area contributed by atoms with E-state index in [1.807, 2.05) is 6.07 Å². The highest BCUT2D eigenvalue weighted by Crippen LogP contribution is 2.40. The Labute approximate surface area is 119 Å². The van der Waals surface area contributed by atoms with E-state index in [0.717, 1.165) is 12.0 Å². The molecule has 0 spiro atoms. The van der Waals surface area contributed by atoms with Crippen molar-refractivity contribution in [2.45, 2.75) is 39.2 Å². The maximum Gasteiger partial charge on any atom is 0.0871 e. The zero-order chi connectivity index (χ0) is 13.8. The van der Waals surface area contributed by atoms with Crippen molar-refractivity contribution in [1.82, 2.24) is 0 Å². The van der Waals surface area contributed by atoms with Crippen molar-refractivity contribution in [3.05, 3.63) is 57.8 Å². The van der Waals surface area contributed by atoms with Gasteiger partial charge >= 0.3 is 0 Å². The number of aliphatic hydroxyl groups is 1. The van der Waals surface area contributed by atoms with Crippen molar-refractivity contribution in [2.24, 2.45) is 5.92 Å². The highest BCUT2D eigenvalue weighted by atomic mass is 32.1. The van der Waals surface area contributed by atoms with Gasteiger partial charge in [0, 0.05) is 10.8 Å². The standard InChI is InChI=1S/C17H22OS/c1-4-12(2)16(14-8-6-5-7-9-14)17(18)15-10-11-19-13(15)3/h5-12,16-18H,4H2,1-3H3. The number of aryl methyl sites for hydroxylation is 1. The molecule has 0 saturated heterocycles. The number of hydrogen-bond donors (Lipinski definition) is 1. The molecule has 1 aromatic carbocycles. The fourth-order valence-electron chi connectivity index (χ4n) is 2.65. The van der Waals surface area contributed by atoms with Crippen LogP contribution >= 0.6 is 11.3 Å². The van der Waals surface area contributed by atoms with E-state index in [1.54, 1.807) is 11.3 Å². The molecule has 0 fully saturated rings. The van der Waals surface area contributed by atoms with Gasteiger partial charge < -0.3 is 5.11 Å². The minimum Gasteiger partial charge on any atom is -0.388 e. The van der Waals surface area contributed by atoms with Crippen LogP contribution in [0.4, 0.5) is 0 Å². The summed E-state index contributed by atoms with van der Waals surface area (Å²) in [5.74, 6) is 0.621. The monoisotopic (exact) mass is 274 g/mol. The summed E-state index contributed by atoms with van der Waals surface area (Å²) in [7, 11) is 0. The lowest BCUT2D eigenvalue weighted by atomic mass is 9.79. The van der Waals surface area contributed by atoms with Gasteiger partial charge in [-0.15, -0.1) is 11.3 Å². The third-order valence-corrected chi connectivity index (χ3v) is 4.86. The quantitative estimate of drug-likeness (QED) is 0.820. The van der Waals surface area contributed by atoms with Gasteiger partial charge in [-0.25, -0.2) is 0 Å². The topological polar surface area (TPSA) is 20.2 Å². The predicted molar refractivity (Wildman–Crippen MR) is 82.7 cm³/mol. The summed E-state index contributed by atoms with van der Waals surface area (Å²) in [6, 6.07) is 12.4. The molecule has 0 aliphatic heterocycles. The lowest BCUT2D eigenvalue weighted by Gasteiger charge is -2.28. The van der Waals surface area contributed by atoms with Crippen molar-refractivity contribution in [3.8, 4) is 0 Å². The van der Waals surface area contributed by atoms with E-state index in [2.05, 4.69) is 56.5 Å². The van der Waals surface area contributed by atoms with E-state index in [9.17, 15) is 5.11 Å². The molecule has 1 nitrogen and oxygen atoms in total. The van der Waals surface area contributed by atoms with Crippen molar-refractivity contribution in [3.63, 3.8) is 0 Å². The van der Waals surface area contributed by atoms with E-state index < -0.39 is 6.10 Å². The van der Waals surface area contributed by atoms with Gasteiger partial charge in [0.25, 0.3) is 0 Å². The molecule has 19 heavy (non-hydrogen) atoms. The van der Waals surface area contributed by atoms with Crippen LogP contribution < -0.4 is 0 Å². The maximum absolute atomic E-state index is 10.8. The number of thiophene rings is 1. The molecular formula is C17H22OS. The summed E-state index contributed by atoms with van der Waals surface area (Å²) in [4.78, 5) is 1.22. The Morgan fingerprint density at radius 3 is 2.37 bits per heavy atom. The molecule has 0 amide bonds. The molecule has 0 aliphatic rings. The molecule has 2 heteroatoms. The van der Waals surface area contributed by atoms with Gasteiger partial charge in [-0.2, -0.15) is 0 Å². The fraction of sp³-hybridized carbons (Fsp3) is 0.412. The van der Waals surface area contributed by atoms with Gasteiger partial charge in [-0.1, -0.05) is 50.6 Å². The van der Waals surface area contributed by atoms with Gasteiger partial charge in [0.2, 0.25) is 0 Å². The summed E-state index contributed by atoms with van der Waals surface area (Å²) < 4.78 is 0. The largest absolute Gasteiger partial charge is 0.388 e. The highest BCUT2D eigenvalue weighted by Gasteiger charge is 2.28. The van der Waals surface area contributed by atoms with Gasteiger partial charge in [-0.3, -0.25) is 0 Å². The summed E-state index contributed by atoms with van der Waals surface area (Å²) in [6.45, 7) is 6.50. The van der Waals surface area contributed by atoms with Gasteiger partial charge in [-0.05, 0) is 35.4 Å². The molecule has 0 saturated carbocycles. The van der Waals surface area contributed by atoms with Crippen molar-refractivity contribution in [2.75, 3.05) is 0 Å². The van der Waals surface area contributed by atoms with Crippen LogP contribution in [-0.4, -0.2) is 5.11 Å². The number of aliphatic hydroxyl groups excluding tert-OH is 1. The molecule has 3 atom stereocenters. The third-order valence-electron chi connectivity index (χ3n) is 4.00. The molecule has 0 bridgehead atoms. The summed E-state index contributed by atoms with van der Waals surface area (Å²) in [5, 5.41) is 12.9.